The molecule has 2 heteroatoms. The summed E-state index contributed by atoms with van der Waals surface area (Å²) in [7, 11) is 0. The molecule has 0 radical (unpaired) electrons. The van der Waals surface area contributed by atoms with Crippen molar-refractivity contribution in [3.63, 3.8) is 0 Å². The van der Waals surface area contributed by atoms with Crippen LogP contribution in [-0.2, 0) is 4.79 Å². The van der Waals surface area contributed by atoms with Crippen LogP contribution in [0.5, 0.6) is 0 Å². The number of hydrogen-bond acceptors (Lipinski definition) is 1. The molecule has 0 aromatic heterocycles. The Morgan fingerprint density at radius 2 is 2.15 bits per heavy atom. The highest BCUT2D eigenvalue weighted by Gasteiger charge is 2.25. The fraction of sp³-hybridized carbons (Fsp3) is 0.545. The topological polar surface area (TPSA) is 29.1 Å². The average molecular weight is 181 g/mol. The van der Waals surface area contributed by atoms with E-state index in [9.17, 15) is 4.79 Å². The molecule has 13 heavy (non-hydrogen) atoms. The van der Waals surface area contributed by atoms with Crippen molar-refractivity contribution >= 4 is 5.91 Å². The number of allylic oxidation sites excluding steroid dienone is 2. The Bertz CT molecular complexity index is 196. The van der Waals surface area contributed by atoms with Crippen LogP contribution >= 0.6 is 0 Å². The molecule has 1 saturated heterocycles. The first kappa shape index (κ1) is 11.9. The summed E-state index contributed by atoms with van der Waals surface area (Å²) in [5, 5.41) is 2.86. The van der Waals surface area contributed by atoms with E-state index in [1.54, 1.807) is 6.08 Å². The second-order valence-electron chi connectivity index (χ2n) is 2.90. The maximum Gasteiger partial charge on any atom is 0.220 e. The summed E-state index contributed by atoms with van der Waals surface area (Å²) < 4.78 is 0. The van der Waals surface area contributed by atoms with Gasteiger partial charge >= 0.3 is 0 Å². The molecule has 1 amide bonds. The van der Waals surface area contributed by atoms with Gasteiger partial charge in [0.2, 0.25) is 5.91 Å². The molecule has 0 aromatic carbocycles. The molecule has 2 atom stereocenters. The fourth-order valence-electron chi connectivity index (χ4n) is 1.24. The van der Waals surface area contributed by atoms with Gasteiger partial charge in [-0.3, -0.25) is 4.79 Å². The number of nitrogens with one attached hydrogen (secondary N) is 1. The molecular formula is C11H19NO. The van der Waals surface area contributed by atoms with Gasteiger partial charge in [-0.1, -0.05) is 45.6 Å². The normalized spacial score (nSPS) is 26.5. The summed E-state index contributed by atoms with van der Waals surface area (Å²) in [4.78, 5) is 10.9. The van der Waals surface area contributed by atoms with Crippen LogP contribution in [0.3, 0.4) is 0 Å². The number of amides is 1. The van der Waals surface area contributed by atoms with E-state index in [4.69, 9.17) is 0 Å². The van der Waals surface area contributed by atoms with Gasteiger partial charge in [0, 0.05) is 6.42 Å². The molecule has 1 N–H and O–H groups in total. The molecule has 2 nitrogen and oxygen atoms in total. The highest BCUT2D eigenvalue weighted by atomic mass is 16.1. The summed E-state index contributed by atoms with van der Waals surface area (Å²) in [6.07, 6.45) is 6.21. The van der Waals surface area contributed by atoms with Crippen LogP contribution in [0, 0.1) is 5.92 Å². The van der Waals surface area contributed by atoms with Crippen molar-refractivity contribution in [1.82, 2.24) is 5.32 Å². The number of carbonyl (C=O) groups excluding carboxylic acids is 1. The van der Waals surface area contributed by atoms with Gasteiger partial charge in [0.1, 0.15) is 0 Å². The first-order chi connectivity index (χ1) is 6.24. The number of carbonyl (C=O) groups is 1. The predicted octanol–water partition coefficient (Wildman–Crippen LogP) is 2.28. The molecule has 2 unspecified atom stereocenters. The van der Waals surface area contributed by atoms with Gasteiger partial charge in [-0.25, -0.2) is 0 Å². The standard InChI is InChI=1S/C9H13NO.C2H6/c1-3-4-5-8-7(2)6-9(11)10-8;1-2/h3-5,7-8H,1,6H2,2H3,(H,10,11);1-2H3/b5-4-;. The number of hydrogen-bond donors (Lipinski definition) is 1. The Kier molecular flexibility index (Phi) is 5.94. The zero-order valence-electron chi connectivity index (χ0n) is 8.71. The monoisotopic (exact) mass is 181 g/mol. The van der Waals surface area contributed by atoms with E-state index in [0.717, 1.165) is 0 Å². The van der Waals surface area contributed by atoms with Gasteiger partial charge < -0.3 is 5.32 Å². The van der Waals surface area contributed by atoms with Gasteiger partial charge in [0.05, 0.1) is 6.04 Å². The Morgan fingerprint density at radius 3 is 2.54 bits per heavy atom. The second-order valence-corrected chi connectivity index (χ2v) is 2.90. The zero-order valence-corrected chi connectivity index (χ0v) is 8.71. The van der Waals surface area contributed by atoms with Gasteiger partial charge in [0.25, 0.3) is 0 Å². The first-order valence-corrected chi connectivity index (χ1v) is 4.82. The van der Waals surface area contributed by atoms with E-state index in [1.807, 2.05) is 26.0 Å². The molecule has 74 valence electrons. The molecule has 1 fully saturated rings. The van der Waals surface area contributed by atoms with E-state index in [2.05, 4.69) is 18.8 Å². The quantitative estimate of drug-likeness (QED) is 0.651. The molecule has 0 spiro atoms. The highest BCUT2D eigenvalue weighted by molar-refractivity contribution is 5.79. The maximum absolute atomic E-state index is 10.9. The molecule has 1 rings (SSSR count). The summed E-state index contributed by atoms with van der Waals surface area (Å²) >= 11 is 0. The largest absolute Gasteiger partial charge is 0.350 e. The van der Waals surface area contributed by atoms with Crippen LogP contribution in [-0.4, -0.2) is 11.9 Å². The lowest BCUT2D eigenvalue weighted by atomic mass is 10.0. The summed E-state index contributed by atoms with van der Waals surface area (Å²) in [5.41, 5.74) is 0. The van der Waals surface area contributed by atoms with Crippen molar-refractivity contribution in [2.24, 2.45) is 5.92 Å². The zero-order chi connectivity index (χ0) is 10.3. The summed E-state index contributed by atoms with van der Waals surface area (Å²) in [5.74, 6) is 0.565. The Balaban J connectivity index is 0.000000671. The smallest absolute Gasteiger partial charge is 0.220 e. The Labute approximate surface area is 80.7 Å². The van der Waals surface area contributed by atoms with Crippen LogP contribution < -0.4 is 5.32 Å². The van der Waals surface area contributed by atoms with E-state index < -0.39 is 0 Å². The van der Waals surface area contributed by atoms with Gasteiger partial charge in [-0.05, 0) is 5.92 Å². The SMILES string of the molecule is C=C/C=C\C1NC(=O)CC1C.CC. The maximum atomic E-state index is 10.9. The molecule has 1 heterocycles. The van der Waals surface area contributed by atoms with Crippen molar-refractivity contribution in [3.05, 3.63) is 24.8 Å². The van der Waals surface area contributed by atoms with Crippen LogP contribution in [0.25, 0.3) is 0 Å². The third-order valence-electron chi connectivity index (χ3n) is 1.90. The lowest BCUT2D eigenvalue weighted by Crippen LogP contribution is -2.25. The van der Waals surface area contributed by atoms with Crippen molar-refractivity contribution in [2.45, 2.75) is 33.2 Å². The molecule has 1 aliphatic rings. The average Bonchev–Trinajstić information content (AvgIpc) is 2.45. The molecule has 0 aromatic rings. The third kappa shape index (κ3) is 3.92. The molecule has 0 aliphatic carbocycles. The molecule has 1 aliphatic heterocycles. The van der Waals surface area contributed by atoms with Crippen molar-refractivity contribution in [2.75, 3.05) is 0 Å². The van der Waals surface area contributed by atoms with E-state index >= 15 is 0 Å². The lowest BCUT2D eigenvalue weighted by Gasteiger charge is -2.07. The summed E-state index contributed by atoms with van der Waals surface area (Å²) in [6, 6.07) is 0.209. The number of rotatable bonds is 2. The predicted molar refractivity (Wildman–Crippen MR) is 56.4 cm³/mol. The van der Waals surface area contributed by atoms with Crippen molar-refractivity contribution in [1.29, 1.82) is 0 Å². The van der Waals surface area contributed by atoms with Crippen molar-refractivity contribution < 1.29 is 4.79 Å². The fourth-order valence-corrected chi connectivity index (χ4v) is 1.24. The Morgan fingerprint density at radius 1 is 1.54 bits per heavy atom. The molecule has 0 saturated carbocycles. The Hall–Kier alpha value is -1.05. The lowest BCUT2D eigenvalue weighted by molar-refractivity contribution is -0.119. The van der Waals surface area contributed by atoms with Crippen LogP contribution in [0.2, 0.25) is 0 Å². The van der Waals surface area contributed by atoms with E-state index in [0.29, 0.717) is 12.3 Å². The minimum absolute atomic E-state index is 0.149. The van der Waals surface area contributed by atoms with Crippen molar-refractivity contribution in [3.8, 4) is 0 Å². The third-order valence-corrected chi connectivity index (χ3v) is 1.90. The van der Waals surface area contributed by atoms with Gasteiger partial charge in [-0.15, -0.1) is 0 Å². The molecular weight excluding hydrogens is 162 g/mol. The summed E-state index contributed by atoms with van der Waals surface area (Å²) in [6.45, 7) is 9.63. The first-order valence-electron chi connectivity index (χ1n) is 4.82. The second kappa shape index (κ2) is 6.46. The van der Waals surface area contributed by atoms with Crippen LogP contribution in [0.1, 0.15) is 27.2 Å². The highest BCUT2D eigenvalue weighted by Crippen LogP contribution is 2.16. The van der Waals surface area contributed by atoms with Gasteiger partial charge in [0.15, 0.2) is 0 Å². The minimum atomic E-state index is 0.149. The van der Waals surface area contributed by atoms with E-state index in [1.165, 1.54) is 0 Å². The van der Waals surface area contributed by atoms with Crippen LogP contribution in [0.15, 0.2) is 24.8 Å². The van der Waals surface area contributed by atoms with E-state index in [-0.39, 0.29) is 11.9 Å². The molecule has 0 bridgehead atoms. The van der Waals surface area contributed by atoms with Crippen LogP contribution in [0.4, 0.5) is 0 Å². The minimum Gasteiger partial charge on any atom is -0.350 e. The van der Waals surface area contributed by atoms with Gasteiger partial charge in [-0.2, -0.15) is 0 Å².